The second-order valence-corrected chi connectivity index (χ2v) is 10.4. The van der Waals surface area contributed by atoms with E-state index in [2.05, 4.69) is 21.2 Å². The van der Waals surface area contributed by atoms with Gasteiger partial charge in [-0.15, -0.1) is 0 Å². The van der Waals surface area contributed by atoms with Crippen molar-refractivity contribution in [2.45, 2.75) is 25.7 Å². The Morgan fingerprint density at radius 3 is 2.34 bits per heavy atom. The first-order valence-electron chi connectivity index (χ1n) is 13.0. The van der Waals surface area contributed by atoms with E-state index in [0.29, 0.717) is 30.3 Å². The van der Waals surface area contributed by atoms with Crippen LogP contribution in [0.3, 0.4) is 0 Å². The Labute approximate surface area is 244 Å². The summed E-state index contributed by atoms with van der Waals surface area (Å²) in [5, 5.41) is 3.61. The number of hydrogen-bond acceptors (Lipinski definition) is 4. The maximum Gasteiger partial charge on any atom is 0.416 e. The lowest BCUT2D eigenvalue weighted by Gasteiger charge is -2.25. The molecule has 0 fully saturated rings. The Balaban J connectivity index is 1.41. The summed E-state index contributed by atoms with van der Waals surface area (Å²) in [6.45, 7) is 0.841. The number of benzene rings is 4. The average Bonchev–Trinajstić information content (AvgIpc) is 2.98. The van der Waals surface area contributed by atoms with Gasteiger partial charge in [0.1, 0.15) is 5.82 Å². The average molecular weight is 619 g/mol. The van der Waals surface area contributed by atoms with Crippen LogP contribution in [0.2, 0.25) is 0 Å². The molecule has 5 rings (SSSR count). The number of alkyl halides is 3. The first-order valence-corrected chi connectivity index (χ1v) is 13.8. The standard InChI is InChI=1S/C32H26BrF3N4O/c33-26-13-7-11-24(19-26)30-38-28-15-5-4-14-27(28)31(39-30)40(21-22-8-2-1-3-9-22)17-16-29(41)37-20-23-10-6-12-25(18-23)32(34,35)36/h1-15,18-19H,16-17,20-21H2,(H,37,41). The van der Waals surface area contributed by atoms with Crippen LogP contribution in [0.5, 0.6) is 0 Å². The molecule has 208 valence electrons. The lowest BCUT2D eigenvalue weighted by atomic mass is 10.1. The molecule has 0 saturated heterocycles. The molecule has 1 amide bonds. The monoisotopic (exact) mass is 618 g/mol. The van der Waals surface area contributed by atoms with Crippen LogP contribution >= 0.6 is 15.9 Å². The van der Waals surface area contributed by atoms with Crippen LogP contribution in [0.15, 0.2) is 108 Å². The third-order valence-corrected chi connectivity index (χ3v) is 7.03. The number of hydrogen-bond donors (Lipinski definition) is 1. The van der Waals surface area contributed by atoms with Crippen molar-refractivity contribution in [1.29, 1.82) is 0 Å². The van der Waals surface area contributed by atoms with E-state index in [1.165, 1.54) is 6.07 Å². The molecular weight excluding hydrogens is 593 g/mol. The fourth-order valence-corrected chi connectivity index (χ4v) is 4.90. The summed E-state index contributed by atoms with van der Waals surface area (Å²) in [4.78, 5) is 24.7. The fourth-order valence-electron chi connectivity index (χ4n) is 4.50. The molecule has 4 aromatic carbocycles. The molecule has 0 aliphatic heterocycles. The van der Waals surface area contributed by atoms with Gasteiger partial charge in [-0.05, 0) is 47.5 Å². The van der Waals surface area contributed by atoms with Gasteiger partial charge < -0.3 is 10.2 Å². The second-order valence-electron chi connectivity index (χ2n) is 9.53. The second kappa shape index (κ2) is 12.5. The van der Waals surface area contributed by atoms with E-state index in [1.54, 1.807) is 6.07 Å². The molecule has 0 radical (unpaired) electrons. The molecule has 1 N–H and O–H groups in total. The smallest absolute Gasteiger partial charge is 0.352 e. The minimum absolute atomic E-state index is 0.00487. The highest BCUT2D eigenvalue weighted by atomic mass is 79.9. The van der Waals surface area contributed by atoms with Crippen molar-refractivity contribution in [3.8, 4) is 11.4 Å². The third kappa shape index (κ3) is 7.29. The number of aromatic nitrogens is 2. The molecular formula is C32H26BrF3N4O. The van der Waals surface area contributed by atoms with Crippen LogP contribution in [-0.4, -0.2) is 22.4 Å². The van der Waals surface area contributed by atoms with Crippen LogP contribution in [0.1, 0.15) is 23.1 Å². The van der Waals surface area contributed by atoms with Gasteiger partial charge in [0.25, 0.3) is 0 Å². The zero-order valence-electron chi connectivity index (χ0n) is 21.9. The molecule has 9 heteroatoms. The largest absolute Gasteiger partial charge is 0.416 e. The van der Waals surface area contributed by atoms with E-state index in [4.69, 9.17) is 9.97 Å². The van der Waals surface area contributed by atoms with Gasteiger partial charge in [0, 0.05) is 41.5 Å². The number of amides is 1. The number of rotatable bonds is 9. The highest BCUT2D eigenvalue weighted by Crippen LogP contribution is 2.31. The lowest BCUT2D eigenvalue weighted by Crippen LogP contribution is -2.31. The molecule has 0 aliphatic rings. The zero-order valence-corrected chi connectivity index (χ0v) is 23.5. The minimum atomic E-state index is -4.44. The van der Waals surface area contributed by atoms with Crippen LogP contribution in [0.4, 0.5) is 19.0 Å². The summed E-state index contributed by atoms with van der Waals surface area (Å²) < 4.78 is 40.1. The van der Waals surface area contributed by atoms with E-state index in [1.807, 2.05) is 83.8 Å². The van der Waals surface area contributed by atoms with Gasteiger partial charge in [-0.3, -0.25) is 4.79 Å². The Hall–Kier alpha value is -4.24. The van der Waals surface area contributed by atoms with Crippen molar-refractivity contribution < 1.29 is 18.0 Å². The Morgan fingerprint density at radius 2 is 1.56 bits per heavy atom. The van der Waals surface area contributed by atoms with E-state index in [9.17, 15) is 18.0 Å². The van der Waals surface area contributed by atoms with Gasteiger partial charge in [-0.1, -0.05) is 82.7 Å². The maximum absolute atomic E-state index is 13.1. The first kappa shape index (κ1) is 28.3. The lowest BCUT2D eigenvalue weighted by molar-refractivity contribution is -0.137. The summed E-state index contributed by atoms with van der Waals surface area (Å²) in [7, 11) is 0. The van der Waals surface area contributed by atoms with Crippen LogP contribution in [0.25, 0.3) is 22.3 Å². The van der Waals surface area contributed by atoms with Crippen molar-refractivity contribution in [1.82, 2.24) is 15.3 Å². The molecule has 0 atom stereocenters. The van der Waals surface area contributed by atoms with E-state index in [0.717, 1.165) is 38.6 Å². The molecule has 5 nitrogen and oxygen atoms in total. The van der Waals surface area contributed by atoms with Crippen molar-refractivity contribution in [3.05, 3.63) is 124 Å². The van der Waals surface area contributed by atoms with E-state index >= 15 is 0 Å². The number of nitrogens with one attached hydrogen (secondary N) is 1. The van der Waals surface area contributed by atoms with Crippen molar-refractivity contribution >= 4 is 38.6 Å². The van der Waals surface area contributed by atoms with Crippen LogP contribution in [0, 0.1) is 0 Å². The highest BCUT2D eigenvalue weighted by Gasteiger charge is 2.30. The molecule has 0 unspecified atom stereocenters. The highest BCUT2D eigenvalue weighted by molar-refractivity contribution is 9.10. The Morgan fingerprint density at radius 1 is 0.829 bits per heavy atom. The molecule has 0 aliphatic carbocycles. The zero-order chi connectivity index (χ0) is 28.8. The van der Waals surface area contributed by atoms with Gasteiger partial charge in [0.05, 0.1) is 11.1 Å². The van der Waals surface area contributed by atoms with Crippen molar-refractivity contribution in [2.24, 2.45) is 0 Å². The molecule has 0 bridgehead atoms. The predicted octanol–water partition coefficient (Wildman–Crippen LogP) is 7.79. The predicted molar refractivity (Wildman–Crippen MR) is 158 cm³/mol. The van der Waals surface area contributed by atoms with Gasteiger partial charge in [0.2, 0.25) is 5.91 Å². The van der Waals surface area contributed by atoms with Gasteiger partial charge in [-0.25, -0.2) is 9.97 Å². The summed E-state index contributed by atoms with van der Waals surface area (Å²) >= 11 is 3.52. The summed E-state index contributed by atoms with van der Waals surface area (Å²) in [6.07, 6.45) is -4.32. The molecule has 1 heterocycles. The number of carbonyl (C=O) groups excluding carboxylic acids is 1. The number of carbonyl (C=O) groups is 1. The van der Waals surface area contributed by atoms with Gasteiger partial charge in [-0.2, -0.15) is 13.2 Å². The van der Waals surface area contributed by atoms with Crippen LogP contribution in [-0.2, 0) is 24.1 Å². The molecule has 0 spiro atoms. The van der Waals surface area contributed by atoms with Crippen LogP contribution < -0.4 is 10.2 Å². The summed E-state index contributed by atoms with van der Waals surface area (Å²) in [5.41, 5.74) is 2.32. The summed E-state index contributed by atoms with van der Waals surface area (Å²) in [5.74, 6) is 0.984. The van der Waals surface area contributed by atoms with E-state index in [-0.39, 0.29) is 18.9 Å². The topological polar surface area (TPSA) is 58.1 Å². The summed E-state index contributed by atoms with van der Waals surface area (Å²) in [6, 6.07) is 30.4. The SMILES string of the molecule is O=C(CCN(Cc1ccccc1)c1nc(-c2cccc(Br)c2)nc2ccccc12)NCc1cccc(C(F)(F)F)c1. The third-order valence-electron chi connectivity index (χ3n) is 6.53. The molecule has 41 heavy (non-hydrogen) atoms. The number of nitrogens with zero attached hydrogens (tertiary/aromatic N) is 3. The quantitative estimate of drug-likeness (QED) is 0.183. The van der Waals surface area contributed by atoms with Crippen molar-refractivity contribution in [2.75, 3.05) is 11.4 Å². The van der Waals surface area contributed by atoms with E-state index < -0.39 is 11.7 Å². The normalized spacial score (nSPS) is 11.4. The number of para-hydroxylation sites is 1. The Bertz CT molecular complexity index is 1660. The maximum atomic E-state index is 13.1. The van der Waals surface area contributed by atoms with Gasteiger partial charge in [0.15, 0.2) is 5.82 Å². The first-order chi connectivity index (χ1) is 19.8. The fraction of sp³-hybridized carbons (Fsp3) is 0.156. The molecule has 5 aromatic rings. The number of halogens is 4. The molecule has 0 saturated carbocycles. The Kier molecular flexibility index (Phi) is 8.64. The number of fused-ring (bicyclic) bond motifs is 1. The van der Waals surface area contributed by atoms with Crippen molar-refractivity contribution in [3.63, 3.8) is 0 Å². The molecule has 1 aromatic heterocycles. The van der Waals surface area contributed by atoms with Gasteiger partial charge >= 0.3 is 6.18 Å². The number of anilines is 1. The minimum Gasteiger partial charge on any atom is -0.352 e.